The number of ketones is 1. The second-order valence-corrected chi connectivity index (χ2v) is 10.3. The van der Waals surface area contributed by atoms with E-state index >= 15 is 0 Å². The number of hydrogen-bond donors (Lipinski definition) is 1. The van der Waals surface area contributed by atoms with Gasteiger partial charge in [-0.15, -0.1) is 12.4 Å². The van der Waals surface area contributed by atoms with Crippen LogP contribution < -0.4 is 5.73 Å². The fourth-order valence-corrected chi connectivity index (χ4v) is 7.74. The number of methoxy groups -OCH3 is 1. The topological polar surface area (TPSA) is 73.9 Å². The van der Waals surface area contributed by atoms with Gasteiger partial charge >= 0.3 is 0 Å². The molecule has 0 aromatic carbocycles. The maximum absolute atomic E-state index is 12.7. The highest BCUT2D eigenvalue weighted by atomic mass is 35.5. The summed E-state index contributed by atoms with van der Waals surface area (Å²) in [5.41, 5.74) is 7.00. The van der Waals surface area contributed by atoms with Crippen molar-refractivity contribution in [3.8, 4) is 0 Å². The molecule has 1 unspecified atom stereocenters. The third-order valence-corrected chi connectivity index (χ3v) is 9.18. The van der Waals surface area contributed by atoms with Gasteiger partial charge in [0, 0.05) is 32.1 Å². The van der Waals surface area contributed by atoms with E-state index in [1.165, 1.54) is 25.0 Å². The number of nitrogens with zero attached hydrogens (tertiary/aromatic N) is 1. The smallest absolute Gasteiger partial charge is 0.139 e. The first-order chi connectivity index (χ1) is 13.4. The fraction of sp³-hybridized carbons (Fsp3) is 0.913. The van der Waals surface area contributed by atoms with Gasteiger partial charge in [-0.05, 0) is 80.0 Å². The molecule has 0 saturated heterocycles. The van der Waals surface area contributed by atoms with Crippen molar-refractivity contribution in [2.75, 3.05) is 26.9 Å². The molecular formula is C23H39ClN2O3. The molecule has 0 radical (unpaired) electrons. The van der Waals surface area contributed by atoms with Crippen LogP contribution in [-0.4, -0.2) is 38.4 Å². The van der Waals surface area contributed by atoms with Crippen LogP contribution in [-0.2, 0) is 14.4 Å². The summed E-state index contributed by atoms with van der Waals surface area (Å²) < 4.78 is 5.69. The Hall–Kier alpha value is -0.650. The van der Waals surface area contributed by atoms with Gasteiger partial charge in [-0.3, -0.25) is 4.79 Å². The Bertz CT molecular complexity index is 642. The summed E-state index contributed by atoms with van der Waals surface area (Å²) in [5.74, 6) is 3.68. The third kappa shape index (κ3) is 3.76. The molecule has 29 heavy (non-hydrogen) atoms. The minimum atomic E-state index is -0.0562. The number of ether oxygens (including phenoxy) is 1. The Morgan fingerprint density at radius 1 is 1.14 bits per heavy atom. The lowest BCUT2D eigenvalue weighted by Gasteiger charge is -2.61. The van der Waals surface area contributed by atoms with Crippen molar-refractivity contribution in [1.29, 1.82) is 0 Å². The molecule has 0 bridgehead atoms. The Morgan fingerprint density at radius 3 is 2.66 bits per heavy atom. The van der Waals surface area contributed by atoms with Crippen LogP contribution in [0.2, 0.25) is 0 Å². The molecular weight excluding hydrogens is 388 g/mol. The average Bonchev–Trinajstić information content (AvgIpc) is 2.98. The van der Waals surface area contributed by atoms with E-state index in [4.69, 9.17) is 15.3 Å². The number of oxime groups is 1. The van der Waals surface area contributed by atoms with Gasteiger partial charge in [0.05, 0.1) is 5.71 Å². The van der Waals surface area contributed by atoms with Crippen molar-refractivity contribution in [1.82, 2.24) is 0 Å². The molecule has 0 spiro atoms. The lowest BCUT2D eigenvalue weighted by atomic mass is 9.43. The third-order valence-electron chi connectivity index (χ3n) is 9.18. The number of halogens is 1. The van der Waals surface area contributed by atoms with Crippen molar-refractivity contribution in [2.45, 2.75) is 65.2 Å². The first-order valence-electron chi connectivity index (χ1n) is 11.3. The summed E-state index contributed by atoms with van der Waals surface area (Å²) in [7, 11) is 1.83. The molecule has 0 heterocycles. The van der Waals surface area contributed by atoms with Gasteiger partial charge in [0.25, 0.3) is 0 Å². The van der Waals surface area contributed by atoms with Gasteiger partial charge in [-0.25, -0.2) is 0 Å². The fourth-order valence-electron chi connectivity index (χ4n) is 7.74. The lowest BCUT2D eigenvalue weighted by molar-refractivity contribution is -0.145. The molecule has 0 amide bonds. The molecule has 166 valence electrons. The van der Waals surface area contributed by atoms with Crippen LogP contribution in [0.25, 0.3) is 0 Å². The van der Waals surface area contributed by atoms with Crippen molar-refractivity contribution in [3.63, 3.8) is 0 Å². The predicted octanol–water partition coefficient (Wildman–Crippen LogP) is 4.22. The largest absolute Gasteiger partial charge is 0.395 e. The highest BCUT2D eigenvalue weighted by Crippen LogP contribution is 2.66. The van der Waals surface area contributed by atoms with E-state index in [1.54, 1.807) is 0 Å². The molecule has 0 aliphatic heterocycles. The van der Waals surface area contributed by atoms with Crippen LogP contribution in [0.4, 0.5) is 0 Å². The summed E-state index contributed by atoms with van der Waals surface area (Å²) in [6, 6.07) is 0. The second kappa shape index (κ2) is 8.84. The van der Waals surface area contributed by atoms with E-state index < -0.39 is 0 Å². The second-order valence-electron chi connectivity index (χ2n) is 10.3. The van der Waals surface area contributed by atoms with Crippen molar-refractivity contribution in [3.05, 3.63) is 0 Å². The van der Waals surface area contributed by atoms with Gasteiger partial charge in [0.1, 0.15) is 12.4 Å². The first-order valence-corrected chi connectivity index (χ1v) is 11.3. The molecule has 0 aromatic rings. The Kier molecular flexibility index (Phi) is 7.02. The SMILES string of the molecule is COC[C@@H]1C[C@@H]2[C@H](CC[C@]3(C)C(=O)CC[C@@H]23)[C@@]2(C)CC/C(=N/OCCN)CC12.Cl. The molecule has 5 nitrogen and oxygen atoms in total. The summed E-state index contributed by atoms with van der Waals surface area (Å²) >= 11 is 0. The summed E-state index contributed by atoms with van der Waals surface area (Å²) in [4.78, 5) is 18.1. The van der Waals surface area contributed by atoms with Crippen LogP contribution in [0.1, 0.15) is 65.2 Å². The number of carbonyl (C=O) groups is 1. The minimum Gasteiger partial charge on any atom is -0.395 e. The highest BCUT2D eigenvalue weighted by molar-refractivity contribution is 5.87. The monoisotopic (exact) mass is 426 g/mol. The Morgan fingerprint density at radius 2 is 1.93 bits per heavy atom. The summed E-state index contributed by atoms with van der Waals surface area (Å²) in [5, 5.41) is 4.42. The maximum Gasteiger partial charge on any atom is 0.139 e. The standard InChI is InChI=1S/C23H38N2O3.ClH/c1-22-8-6-16(25-28-11-10-24)13-20(22)15(14-27-3)12-17-18-4-5-21(26)23(18,2)9-7-19(17)22;/h15,17-20H,4-14,24H2,1-3H3;1H/b25-16-;/t15-,17-,18-,19-,20?,22+,23-;/m0./s1. The zero-order valence-corrected chi connectivity index (χ0v) is 19.1. The molecule has 0 aromatic heterocycles. The van der Waals surface area contributed by atoms with Crippen molar-refractivity contribution < 1.29 is 14.4 Å². The van der Waals surface area contributed by atoms with E-state index in [1.807, 2.05) is 7.11 Å². The highest BCUT2D eigenvalue weighted by Gasteiger charge is 2.61. The van der Waals surface area contributed by atoms with Gasteiger partial charge in [-0.1, -0.05) is 19.0 Å². The lowest BCUT2D eigenvalue weighted by Crippen LogP contribution is -2.57. The van der Waals surface area contributed by atoms with Gasteiger partial charge in [0.2, 0.25) is 0 Å². The predicted molar refractivity (Wildman–Crippen MR) is 117 cm³/mol. The molecule has 4 fully saturated rings. The number of Topliss-reactive ketones (excluding diaryl/α,β-unsaturated/α-hetero) is 1. The Balaban J connectivity index is 0.00000240. The van der Waals surface area contributed by atoms with Gasteiger partial charge < -0.3 is 15.3 Å². The van der Waals surface area contributed by atoms with Crippen LogP contribution >= 0.6 is 12.4 Å². The van der Waals surface area contributed by atoms with Crippen LogP contribution in [0, 0.1) is 40.4 Å². The molecule has 4 aliphatic rings. The van der Waals surface area contributed by atoms with E-state index in [0.29, 0.717) is 48.0 Å². The van der Waals surface area contributed by atoms with Gasteiger partial charge in [-0.2, -0.15) is 0 Å². The first kappa shape index (κ1) is 23.0. The molecule has 4 rings (SSSR count). The molecule has 7 atom stereocenters. The van der Waals surface area contributed by atoms with Crippen molar-refractivity contribution in [2.24, 2.45) is 51.3 Å². The molecule has 6 heteroatoms. The number of hydrogen-bond acceptors (Lipinski definition) is 5. The van der Waals surface area contributed by atoms with E-state index in [9.17, 15) is 4.79 Å². The van der Waals surface area contributed by atoms with Crippen LogP contribution in [0.15, 0.2) is 5.16 Å². The zero-order valence-electron chi connectivity index (χ0n) is 18.3. The number of carbonyl (C=O) groups excluding carboxylic acids is 1. The number of rotatable bonds is 5. The minimum absolute atomic E-state index is 0. The molecule has 2 N–H and O–H groups in total. The van der Waals surface area contributed by atoms with E-state index in [2.05, 4.69) is 19.0 Å². The van der Waals surface area contributed by atoms with Crippen molar-refractivity contribution >= 4 is 23.9 Å². The Labute approximate surface area is 181 Å². The van der Waals surface area contributed by atoms with E-state index in [0.717, 1.165) is 44.6 Å². The average molecular weight is 427 g/mol. The molecule has 4 saturated carbocycles. The quantitative estimate of drug-likeness (QED) is 0.527. The summed E-state index contributed by atoms with van der Waals surface area (Å²) in [6.07, 6.45) is 8.66. The zero-order chi connectivity index (χ0) is 19.9. The summed E-state index contributed by atoms with van der Waals surface area (Å²) in [6.45, 7) is 6.62. The number of fused-ring (bicyclic) bond motifs is 5. The van der Waals surface area contributed by atoms with Crippen LogP contribution in [0.5, 0.6) is 0 Å². The normalized spacial score (nSPS) is 45.2. The maximum atomic E-state index is 12.7. The van der Waals surface area contributed by atoms with Crippen LogP contribution in [0.3, 0.4) is 0 Å². The van der Waals surface area contributed by atoms with Gasteiger partial charge in [0.15, 0.2) is 0 Å². The van der Waals surface area contributed by atoms with E-state index in [-0.39, 0.29) is 17.8 Å². The molecule has 4 aliphatic carbocycles. The number of nitrogens with two attached hydrogens (primary N) is 1.